The summed E-state index contributed by atoms with van der Waals surface area (Å²) in [7, 11) is 0. The molecule has 0 spiro atoms. The molecule has 0 aliphatic carbocycles. The van der Waals surface area contributed by atoms with Crippen LogP contribution in [0.15, 0.2) is 0 Å². The molecule has 18 heavy (non-hydrogen) atoms. The molecule has 0 aromatic carbocycles. The van der Waals surface area contributed by atoms with Gasteiger partial charge in [0.25, 0.3) is 0 Å². The van der Waals surface area contributed by atoms with Gasteiger partial charge in [0.1, 0.15) is 11.5 Å². The first kappa shape index (κ1) is 12.6. The van der Waals surface area contributed by atoms with E-state index >= 15 is 0 Å². The van der Waals surface area contributed by atoms with Crippen LogP contribution < -0.4 is 0 Å². The summed E-state index contributed by atoms with van der Waals surface area (Å²) < 4.78 is 0. The molecular weight excluding hydrogens is 224 g/mol. The van der Waals surface area contributed by atoms with E-state index in [4.69, 9.17) is 0 Å². The molecule has 0 unspecified atom stereocenters. The monoisotopic (exact) mass is 242 g/mol. The Balaban J connectivity index is 2.73. The Bertz CT molecular complexity index is 618. The second-order valence-electron chi connectivity index (χ2n) is 4.66. The second kappa shape index (κ2) is 4.44. The van der Waals surface area contributed by atoms with Gasteiger partial charge in [-0.3, -0.25) is 4.98 Å². The average Bonchev–Trinajstić information content (AvgIpc) is 2.29. The number of rotatable bonds is 1. The minimum absolute atomic E-state index is 0.771. The van der Waals surface area contributed by atoms with Gasteiger partial charge in [-0.15, -0.1) is 0 Å². The molecule has 0 amide bonds. The highest BCUT2D eigenvalue weighted by molar-refractivity contribution is 5.62. The predicted octanol–water partition coefficient (Wildman–Crippen LogP) is 2.78. The molecule has 0 saturated heterocycles. The van der Waals surface area contributed by atoms with Gasteiger partial charge in [-0.2, -0.15) is 0 Å². The molecule has 2 heterocycles. The summed E-state index contributed by atoms with van der Waals surface area (Å²) in [6.07, 6.45) is 0. The van der Waals surface area contributed by atoms with E-state index in [2.05, 4.69) is 19.9 Å². The SMILES string of the molecule is Cc1nc(C)c(C)c(-c2nc(C)c(C)nc2C)n1. The molecule has 0 radical (unpaired) electrons. The van der Waals surface area contributed by atoms with Crippen molar-refractivity contribution >= 4 is 0 Å². The molecule has 4 heteroatoms. The van der Waals surface area contributed by atoms with Crippen LogP contribution in [0.25, 0.3) is 11.4 Å². The Hall–Kier alpha value is -1.84. The Morgan fingerprint density at radius 1 is 0.500 bits per heavy atom. The first-order valence-electron chi connectivity index (χ1n) is 6.04. The Labute approximate surface area is 108 Å². The van der Waals surface area contributed by atoms with Crippen LogP contribution in [0.4, 0.5) is 0 Å². The molecule has 0 saturated carbocycles. The van der Waals surface area contributed by atoms with Crippen LogP contribution >= 0.6 is 0 Å². The van der Waals surface area contributed by atoms with Crippen molar-refractivity contribution in [1.82, 2.24) is 19.9 Å². The zero-order valence-electron chi connectivity index (χ0n) is 11.8. The zero-order valence-corrected chi connectivity index (χ0v) is 11.8. The van der Waals surface area contributed by atoms with Gasteiger partial charge in [0.15, 0.2) is 0 Å². The van der Waals surface area contributed by atoms with Gasteiger partial charge in [0, 0.05) is 5.69 Å². The maximum atomic E-state index is 4.63. The number of hydrogen-bond acceptors (Lipinski definition) is 4. The van der Waals surface area contributed by atoms with Crippen molar-refractivity contribution < 1.29 is 0 Å². The molecule has 94 valence electrons. The average molecular weight is 242 g/mol. The molecular formula is C14H18N4. The van der Waals surface area contributed by atoms with E-state index in [1.54, 1.807) is 0 Å². The van der Waals surface area contributed by atoms with E-state index in [9.17, 15) is 0 Å². The van der Waals surface area contributed by atoms with Crippen LogP contribution in [0.5, 0.6) is 0 Å². The summed E-state index contributed by atoms with van der Waals surface area (Å²) >= 11 is 0. The van der Waals surface area contributed by atoms with Crippen molar-refractivity contribution in [2.75, 3.05) is 0 Å². The van der Waals surface area contributed by atoms with Crippen LogP contribution in [0.1, 0.15) is 34.2 Å². The summed E-state index contributed by atoms with van der Waals surface area (Å²) in [5.41, 5.74) is 6.66. The Morgan fingerprint density at radius 2 is 1.11 bits per heavy atom. The van der Waals surface area contributed by atoms with Crippen molar-refractivity contribution in [1.29, 1.82) is 0 Å². The fourth-order valence-corrected chi connectivity index (χ4v) is 1.94. The minimum Gasteiger partial charge on any atom is -0.254 e. The summed E-state index contributed by atoms with van der Waals surface area (Å²) in [6, 6.07) is 0. The van der Waals surface area contributed by atoms with Crippen molar-refractivity contribution in [2.45, 2.75) is 41.5 Å². The number of aryl methyl sites for hydroxylation is 5. The third-order valence-corrected chi connectivity index (χ3v) is 3.21. The normalized spacial score (nSPS) is 10.8. The lowest BCUT2D eigenvalue weighted by atomic mass is 10.1. The van der Waals surface area contributed by atoms with Crippen molar-refractivity contribution in [3.8, 4) is 11.4 Å². The van der Waals surface area contributed by atoms with E-state index in [0.717, 1.165) is 45.6 Å². The summed E-state index contributed by atoms with van der Waals surface area (Å²) in [5, 5.41) is 0. The first-order chi connectivity index (χ1) is 8.40. The summed E-state index contributed by atoms with van der Waals surface area (Å²) in [6.45, 7) is 11.8. The third kappa shape index (κ3) is 2.10. The maximum Gasteiger partial charge on any atom is 0.126 e. The molecule has 0 atom stereocenters. The molecule has 4 nitrogen and oxygen atoms in total. The summed E-state index contributed by atoms with van der Waals surface area (Å²) in [4.78, 5) is 18.1. The maximum absolute atomic E-state index is 4.63. The van der Waals surface area contributed by atoms with Crippen molar-refractivity contribution in [3.05, 3.63) is 34.2 Å². The molecule has 2 rings (SSSR count). The van der Waals surface area contributed by atoms with Gasteiger partial charge in [-0.1, -0.05) is 0 Å². The molecule has 0 aliphatic rings. The zero-order chi connectivity index (χ0) is 13.4. The van der Waals surface area contributed by atoms with Crippen molar-refractivity contribution in [3.63, 3.8) is 0 Å². The predicted molar refractivity (Wildman–Crippen MR) is 71.5 cm³/mol. The van der Waals surface area contributed by atoms with Crippen molar-refractivity contribution in [2.24, 2.45) is 0 Å². The minimum atomic E-state index is 0.771. The van der Waals surface area contributed by atoms with Gasteiger partial charge in [0.05, 0.1) is 22.8 Å². The molecule has 2 aromatic heterocycles. The molecule has 0 fully saturated rings. The fraction of sp³-hybridized carbons (Fsp3) is 0.429. The smallest absolute Gasteiger partial charge is 0.126 e. The van der Waals surface area contributed by atoms with Gasteiger partial charge in [0.2, 0.25) is 0 Å². The van der Waals surface area contributed by atoms with Crippen LogP contribution in [0, 0.1) is 41.5 Å². The summed E-state index contributed by atoms with van der Waals surface area (Å²) in [5.74, 6) is 0.771. The lowest BCUT2D eigenvalue weighted by Crippen LogP contribution is -2.05. The highest BCUT2D eigenvalue weighted by Gasteiger charge is 2.14. The lowest BCUT2D eigenvalue weighted by Gasteiger charge is -2.11. The first-order valence-corrected chi connectivity index (χ1v) is 6.04. The molecule has 0 N–H and O–H groups in total. The highest BCUT2D eigenvalue weighted by Crippen LogP contribution is 2.24. The second-order valence-corrected chi connectivity index (χ2v) is 4.66. The highest BCUT2D eigenvalue weighted by atomic mass is 14.9. The topological polar surface area (TPSA) is 51.6 Å². The number of aromatic nitrogens is 4. The van der Waals surface area contributed by atoms with E-state index in [0.29, 0.717) is 0 Å². The Morgan fingerprint density at radius 3 is 1.78 bits per heavy atom. The Kier molecular flexibility index (Phi) is 3.11. The molecule has 2 aromatic rings. The third-order valence-electron chi connectivity index (χ3n) is 3.21. The number of hydrogen-bond donors (Lipinski definition) is 0. The fourth-order valence-electron chi connectivity index (χ4n) is 1.94. The van der Waals surface area contributed by atoms with E-state index < -0.39 is 0 Å². The largest absolute Gasteiger partial charge is 0.254 e. The number of nitrogens with zero attached hydrogens (tertiary/aromatic N) is 4. The van der Waals surface area contributed by atoms with E-state index in [1.807, 2.05) is 41.5 Å². The van der Waals surface area contributed by atoms with Crippen LogP contribution in [0.2, 0.25) is 0 Å². The lowest BCUT2D eigenvalue weighted by molar-refractivity contribution is 0.959. The van der Waals surface area contributed by atoms with Gasteiger partial charge in [-0.05, 0) is 47.1 Å². The van der Waals surface area contributed by atoms with Crippen LogP contribution in [-0.4, -0.2) is 19.9 Å². The van der Waals surface area contributed by atoms with Gasteiger partial charge in [-0.25, -0.2) is 15.0 Å². The van der Waals surface area contributed by atoms with E-state index in [1.165, 1.54) is 0 Å². The quantitative estimate of drug-likeness (QED) is 0.771. The van der Waals surface area contributed by atoms with Crippen LogP contribution in [-0.2, 0) is 0 Å². The molecule has 0 bridgehead atoms. The van der Waals surface area contributed by atoms with Gasteiger partial charge >= 0.3 is 0 Å². The van der Waals surface area contributed by atoms with Crippen LogP contribution in [0.3, 0.4) is 0 Å². The van der Waals surface area contributed by atoms with E-state index in [-0.39, 0.29) is 0 Å². The van der Waals surface area contributed by atoms with Gasteiger partial charge < -0.3 is 0 Å². The standard InChI is InChI=1S/C14H18N4/c1-7-8(2)16-12(6)18-13(7)14-11(5)15-9(3)10(4)17-14/h1-6H3. The molecule has 0 aliphatic heterocycles.